The third kappa shape index (κ3) is 3.70. The molecule has 106 valence electrons. The van der Waals surface area contributed by atoms with Crippen molar-refractivity contribution in [1.82, 2.24) is 4.98 Å². The van der Waals surface area contributed by atoms with E-state index in [0.717, 1.165) is 5.56 Å². The summed E-state index contributed by atoms with van der Waals surface area (Å²) >= 11 is 0. The van der Waals surface area contributed by atoms with Gasteiger partial charge in [0.1, 0.15) is 18.4 Å². The van der Waals surface area contributed by atoms with Crippen LogP contribution in [0.1, 0.15) is 17.1 Å². The Morgan fingerprint density at radius 3 is 3.10 bits per heavy atom. The minimum Gasteiger partial charge on any atom is -0.489 e. The van der Waals surface area contributed by atoms with Gasteiger partial charge in [-0.3, -0.25) is 0 Å². The van der Waals surface area contributed by atoms with Gasteiger partial charge in [0.05, 0.1) is 6.21 Å². The van der Waals surface area contributed by atoms with Crippen molar-refractivity contribution in [2.24, 2.45) is 5.10 Å². The monoisotopic (exact) mass is 282 g/mol. The molecule has 2 aromatic rings. The highest BCUT2D eigenvalue weighted by atomic mass is 16.5. The third-order valence-corrected chi connectivity index (χ3v) is 2.49. The van der Waals surface area contributed by atoms with Crippen LogP contribution in [0.15, 0.2) is 46.4 Å². The van der Waals surface area contributed by atoms with E-state index in [9.17, 15) is 0 Å². The predicted octanol–water partition coefficient (Wildman–Crippen LogP) is 2.87. The maximum atomic E-state index is 8.90. The number of para-hydroxylation sites is 1. The third-order valence-electron chi connectivity index (χ3n) is 2.49. The highest BCUT2D eigenvalue weighted by molar-refractivity contribution is 5.83. The van der Waals surface area contributed by atoms with Gasteiger partial charge in [0, 0.05) is 12.5 Å². The van der Waals surface area contributed by atoms with E-state index in [1.165, 1.54) is 0 Å². The second-order valence-electron chi connectivity index (χ2n) is 4.03. The molecule has 0 aliphatic carbocycles. The molecule has 0 saturated carbocycles. The summed E-state index contributed by atoms with van der Waals surface area (Å²) < 4.78 is 10.7. The Balaban J connectivity index is 2.11. The fraction of sp³-hybridized carbons (Fsp3) is 0.133. The summed E-state index contributed by atoms with van der Waals surface area (Å²) in [6.07, 6.45) is 3.25. The number of aryl methyl sites for hydroxylation is 1. The molecule has 0 aliphatic heterocycles. The topological polar surface area (TPSA) is 83.4 Å². The number of ether oxygens (including phenoxy) is 1. The number of aromatic nitrogens is 1. The highest BCUT2D eigenvalue weighted by Gasteiger charge is 2.08. The Bertz CT molecular complexity index is 698. The lowest BCUT2D eigenvalue weighted by Gasteiger charge is -2.05. The number of anilines is 1. The summed E-state index contributed by atoms with van der Waals surface area (Å²) in [4.78, 5) is 3.91. The quantitative estimate of drug-likeness (QED) is 0.500. The van der Waals surface area contributed by atoms with E-state index in [1.807, 2.05) is 30.3 Å². The Kier molecular flexibility index (Phi) is 4.72. The zero-order chi connectivity index (χ0) is 15.1. The Morgan fingerprint density at radius 1 is 1.52 bits per heavy atom. The van der Waals surface area contributed by atoms with E-state index in [0.29, 0.717) is 18.2 Å². The minimum atomic E-state index is 0.167. The van der Waals surface area contributed by atoms with Crippen LogP contribution < -0.4 is 10.2 Å². The maximum Gasteiger partial charge on any atom is 0.252 e. The molecule has 1 N–H and O–H groups in total. The summed E-state index contributed by atoms with van der Waals surface area (Å²) in [6.45, 7) is 5.68. The van der Waals surface area contributed by atoms with Crippen molar-refractivity contribution >= 4 is 12.1 Å². The standard InChI is InChI=1S/C15H14N4O2/c1-3-8-20-14-7-5-4-6-12(14)10-17-19-15-13(9-16)18-11(2)21-15/h3-7,10,19H,1,8H2,2H3. The number of hydrazone groups is 1. The average molecular weight is 282 g/mol. The molecule has 2 rings (SSSR count). The summed E-state index contributed by atoms with van der Waals surface area (Å²) in [7, 11) is 0. The van der Waals surface area contributed by atoms with Gasteiger partial charge in [-0.15, -0.1) is 0 Å². The maximum absolute atomic E-state index is 8.90. The van der Waals surface area contributed by atoms with E-state index in [2.05, 4.69) is 22.1 Å². The number of hydrogen-bond acceptors (Lipinski definition) is 6. The van der Waals surface area contributed by atoms with Crippen LogP contribution in [0.2, 0.25) is 0 Å². The largest absolute Gasteiger partial charge is 0.489 e. The van der Waals surface area contributed by atoms with Crippen LogP contribution >= 0.6 is 0 Å². The van der Waals surface area contributed by atoms with Gasteiger partial charge in [0.25, 0.3) is 5.88 Å². The van der Waals surface area contributed by atoms with Crippen LogP contribution in [-0.2, 0) is 0 Å². The van der Waals surface area contributed by atoms with E-state index in [-0.39, 0.29) is 11.6 Å². The predicted molar refractivity (Wildman–Crippen MR) is 79.3 cm³/mol. The molecule has 21 heavy (non-hydrogen) atoms. The van der Waals surface area contributed by atoms with Crippen LogP contribution in [0.25, 0.3) is 0 Å². The lowest BCUT2D eigenvalue weighted by Crippen LogP contribution is -1.98. The fourth-order valence-electron chi connectivity index (χ4n) is 1.61. The molecule has 0 spiro atoms. The summed E-state index contributed by atoms with van der Waals surface area (Å²) in [5.41, 5.74) is 3.62. The minimum absolute atomic E-state index is 0.167. The molecule has 0 radical (unpaired) electrons. The number of nitriles is 1. The van der Waals surface area contributed by atoms with E-state index >= 15 is 0 Å². The first kappa shape index (κ1) is 14.3. The molecule has 0 bridgehead atoms. The molecule has 0 fully saturated rings. The normalized spacial score (nSPS) is 10.3. The first-order chi connectivity index (χ1) is 10.2. The van der Waals surface area contributed by atoms with E-state index in [4.69, 9.17) is 14.4 Å². The summed E-state index contributed by atoms with van der Waals surface area (Å²) in [6, 6.07) is 9.37. The van der Waals surface area contributed by atoms with Crippen LogP contribution in [0, 0.1) is 18.3 Å². The van der Waals surface area contributed by atoms with Gasteiger partial charge in [-0.25, -0.2) is 10.4 Å². The molecule has 0 amide bonds. The van der Waals surface area contributed by atoms with Crippen molar-refractivity contribution < 1.29 is 9.15 Å². The van der Waals surface area contributed by atoms with Crippen LogP contribution in [0.3, 0.4) is 0 Å². The van der Waals surface area contributed by atoms with Crippen LogP contribution in [0.4, 0.5) is 5.88 Å². The molecule has 1 aromatic heterocycles. The Morgan fingerprint density at radius 2 is 2.33 bits per heavy atom. The molecule has 0 aliphatic rings. The smallest absolute Gasteiger partial charge is 0.252 e. The Hall–Kier alpha value is -3.07. The second-order valence-corrected chi connectivity index (χ2v) is 4.03. The van der Waals surface area contributed by atoms with E-state index < -0.39 is 0 Å². The molecule has 0 atom stereocenters. The summed E-state index contributed by atoms with van der Waals surface area (Å²) in [5.74, 6) is 1.31. The molecule has 0 saturated heterocycles. The average Bonchev–Trinajstić information content (AvgIpc) is 2.86. The van der Waals surface area contributed by atoms with Crippen LogP contribution in [0.5, 0.6) is 5.75 Å². The number of nitrogens with one attached hydrogen (secondary N) is 1. The van der Waals surface area contributed by atoms with Crippen molar-refractivity contribution in [3.8, 4) is 11.8 Å². The van der Waals surface area contributed by atoms with Crippen molar-refractivity contribution in [2.45, 2.75) is 6.92 Å². The molecule has 6 nitrogen and oxygen atoms in total. The van der Waals surface area contributed by atoms with Gasteiger partial charge in [-0.05, 0) is 12.1 Å². The first-order valence-corrected chi connectivity index (χ1v) is 6.24. The SMILES string of the molecule is C=CCOc1ccccc1C=NNc1oc(C)nc1C#N. The van der Waals surface area contributed by atoms with Crippen molar-refractivity contribution in [3.63, 3.8) is 0 Å². The van der Waals surface area contributed by atoms with Gasteiger partial charge in [0.2, 0.25) is 5.69 Å². The first-order valence-electron chi connectivity index (χ1n) is 6.24. The van der Waals surface area contributed by atoms with Gasteiger partial charge < -0.3 is 9.15 Å². The highest BCUT2D eigenvalue weighted by Crippen LogP contribution is 2.17. The lowest BCUT2D eigenvalue weighted by atomic mass is 10.2. The van der Waals surface area contributed by atoms with Gasteiger partial charge >= 0.3 is 0 Å². The molecular formula is C15H14N4O2. The lowest BCUT2D eigenvalue weighted by molar-refractivity contribution is 0.363. The molecule has 0 unspecified atom stereocenters. The zero-order valence-corrected chi connectivity index (χ0v) is 11.5. The molecule has 1 aromatic carbocycles. The molecular weight excluding hydrogens is 268 g/mol. The number of oxazole rings is 1. The van der Waals surface area contributed by atoms with Gasteiger partial charge in [0.15, 0.2) is 5.89 Å². The fourth-order valence-corrected chi connectivity index (χ4v) is 1.61. The molecule has 6 heteroatoms. The van der Waals surface area contributed by atoms with Crippen molar-refractivity contribution in [1.29, 1.82) is 5.26 Å². The van der Waals surface area contributed by atoms with Gasteiger partial charge in [-0.1, -0.05) is 24.8 Å². The summed E-state index contributed by atoms with van der Waals surface area (Å²) in [5, 5.41) is 12.9. The van der Waals surface area contributed by atoms with Crippen molar-refractivity contribution in [2.75, 3.05) is 12.0 Å². The number of nitrogens with zero attached hydrogens (tertiary/aromatic N) is 3. The number of rotatable bonds is 6. The zero-order valence-electron chi connectivity index (χ0n) is 11.5. The molecule has 1 heterocycles. The van der Waals surface area contributed by atoms with E-state index in [1.54, 1.807) is 19.2 Å². The van der Waals surface area contributed by atoms with Gasteiger partial charge in [-0.2, -0.15) is 10.4 Å². The second kappa shape index (κ2) is 6.91. The Labute approximate surface area is 122 Å². The number of benzene rings is 1. The number of hydrogen-bond donors (Lipinski definition) is 1. The van der Waals surface area contributed by atoms with Crippen molar-refractivity contribution in [3.05, 3.63) is 54.1 Å². The van der Waals surface area contributed by atoms with Crippen LogP contribution in [-0.4, -0.2) is 17.8 Å².